The van der Waals surface area contributed by atoms with Crippen LogP contribution in [0.5, 0.6) is 0 Å². The van der Waals surface area contributed by atoms with E-state index in [4.69, 9.17) is 21.9 Å². The average molecular weight is 296 g/mol. The first kappa shape index (κ1) is 13.5. The van der Waals surface area contributed by atoms with E-state index in [9.17, 15) is 4.39 Å². The van der Waals surface area contributed by atoms with Crippen LogP contribution in [0.1, 0.15) is 36.5 Å². The zero-order valence-electron chi connectivity index (χ0n) is 10.9. The van der Waals surface area contributed by atoms with Gasteiger partial charge in [0, 0.05) is 18.0 Å². The third-order valence-corrected chi connectivity index (χ3v) is 4.34. The van der Waals surface area contributed by atoms with Crippen molar-refractivity contribution in [3.05, 3.63) is 46.3 Å². The van der Waals surface area contributed by atoms with Crippen molar-refractivity contribution < 1.29 is 8.91 Å². The molecule has 1 aliphatic carbocycles. The van der Waals surface area contributed by atoms with E-state index in [1.807, 2.05) is 0 Å². The minimum absolute atomic E-state index is 0.141. The lowest BCUT2D eigenvalue weighted by molar-refractivity contribution is 0.181. The topological polar surface area (TPSA) is 64.9 Å². The summed E-state index contributed by atoms with van der Waals surface area (Å²) in [4.78, 5) is 4.42. The van der Waals surface area contributed by atoms with Gasteiger partial charge in [-0.2, -0.15) is 4.98 Å². The number of halogens is 2. The molecule has 6 heteroatoms. The van der Waals surface area contributed by atoms with Gasteiger partial charge in [0.1, 0.15) is 5.82 Å². The van der Waals surface area contributed by atoms with E-state index in [1.165, 1.54) is 12.1 Å². The highest BCUT2D eigenvalue weighted by Crippen LogP contribution is 2.41. The van der Waals surface area contributed by atoms with E-state index in [1.54, 1.807) is 6.07 Å². The fourth-order valence-electron chi connectivity index (χ4n) is 2.49. The molecule has 1 aromatic carbocycles. The molecule has 1 heterocycles. The van der Waals surface area contributed by atoms with Gasteiger partial charge in [0.25, 0.3) is 0 Å². The second kappa shape index (κ2) is 5.14. The molecule has 0 bridgehead atoms. The first-order valence-corrected chi connectivity index (χ1v) is 6.98. The standard InChI is InChI=1S/C14H15ClFN3O/c15-11-7-10(16)3-2-9(11)6-12-18-13(20-19-12)14(8-17)4-1-5-14/h2-3,7H,1,4-6,8,17H2. The summed E-state index contributed by atoms with van der Waals surface area (Å²) in [7, 11) is 0. The van der Waals surface area contributed by atoms with Crippen LogP contribution in [0.15, 0.2) is 22.7 Å². The van der Waals surface area contributed by atoms with Crippen LogP contribution in [0.2, 0.25) is 5.02 Å². The molecule has 3 rings (SSSR count). The Balaban J connectivity index is 1.80. The van der Waals surface area contributed by atoms with Crippen molar-refractivity contribution in [3.8, 4) is 0 Å². The van der Waals surface area contributed by atoms with E-state index >= 15 is 0 Å². The molecule has 0 unspecified atom stereocenters. The maximum absolute atomic E-state index is 13.0. The molecule has 0 spiro atoms. The zero-order valence-corrected chi connectivity index (χ0v) is 11.7. The number of nitrogens with two attached hydrogens (primary N) is 1. The van der Waals surface area contributed by atoms with Gasteiger partial charge in [0.15, 0.2) is 5.82 Å². The molecule has 1 aliphatic rings. The first-order chi connectivity index (χ1) is 9.63. The largest absolute Gasteiger partial charge is 0.339 e. The zero-order chi connectivity index (χ0) is 14.2. The van der Waals surface area contributed by atoms with Crippen molar-refractivity contribution in [2.24, 2.45) is 5.73 Å². The highest BCUT2D eigenvalue weighted by Gasteiger charge is 2.42. The molecule has 2 N–H and O–H groups in total. The summed E-state index contributed by atoms with van der Waals surface area (Å²) in [6.07, 6.45) is 3.53. The average Bonchev–Trinajstić information content (AvgIpc) is 2.81. The van der Waals surface area contributed by atoms with Crippen LogP contribution >= 0.6 is 11.6 Å². The van der Waals surface area contributed by atoms with Crippen LogP contribution in [-0.4, -0.2) is 16.7 Å². The molecule has 0 radical (unpaired) electrons. The number of nitrogens with zero attached hydrogens (tertiary/aromatic N) is 2. The predicted octanol–water partition coefficient (Wildman–Crippen LogP) is 2.83. The number of hydrogen-bond acceptors (Lipinski definition) is 4. The monoisotopic (exact) mass is 295 g/mol. The minimum atomic E-state index is -0.357. The molecule has 1 aromatic heterocycles. The summed E-state index contributed by atoms with van der Waals surface area (Å²) in [5, 5.41) is 4.35. The molecule has 20 heavy (non-hydrogen) atoms. The maximum Gasteiger partial charge on any atom is 0.234 e. The Bertz CT molecular complexity index is 619. The number of hydrogen-bond donors (Lipinski definition) is 1. The summed E-state index contributed by atoms with van der Waals surface area (Å²) >= 11 is 6.00. The van der Waals surface area contributed by atoms with Crippen molar-refractivity contribution in [1.29, 1.82) is 0 Å². The van der Waals surface area contributed by atoms with Gasteiger partial charge in [0.05, 0.1) is 5.41 Å². The van der Waals surface area contributed by atoms with Gasteiger partial charge in [-0.1, -0.05) is 29.2 Å². The summed E-state index contributed by atoms with van der Waals surface area (Å²) in [5.74, 6) is 0.803. The van der Waals surface area contributed by atoms with Gasteiger partial charge in [0.2, 0.25) is 5.89 Å². The SMILES string of the molecule is NCC1(c2nc(Cc3ccc(F)cc3Cl)no2)CCC1. The van der Waals surface area contributed by atoms with Crippen molar-refractivity contribution in [2.45, 2.75) is 31.1 Å². The lowest BCUT2D eigenvalue weighted by Gasteiger charge is -2.36. The Morgan fingerprint density at radius 1 is 1.40 bits per heavy atom. The summed E-state index contributed by atoms with van der Waals surface area (Å²) in [5.41, 5.74) is 6.45. The molecule has 0 aliphatic heterocycles. The van der Waals surface area contributed by atoms with Crippen LogP contribution in [0.25, 0.3) is 0 Å². The normalized spacial score (nSPS) is 16.9. The third-order valence-electron chi connectivity index (χ3n) is 3.99. The van der Waals surface area contributed by atoms with E-state index < -0.39 is 0 Å². The molecule has 0 amide bonds. The molecule has 4 nitrogen and oxygen atoms in total. The predicted molar refractivity (Wildman–Crippen MR) is 73.1 cm³/mol. The second-order valence-corrected chi connectivity index (χ2v) is 5.67. The Labute approximate surface area is 121 Å². The van der Waals surface area contributed by atoms with Crippen LogP contribution in [0.3, 0.4) is 0 Å². The molecule has 0 atom stereocenters. The Morgan fingerprint density at radius 2 is 2.20 bits per heavy atom. The Morgan fingerprint density at radius 3 is 2.80 bits per heavy atom. The molecular weight excluding hydrogens is 281 g/mol. The minimum Gasteiger partial charge on any atom is -0.339 e. The summed E-state index contributed by atoms with van der Waals surface area (Å²) < 4.78 is 18.3. The maximum atomic E-state index is 13.0. The van der Waals surface area contributed by atoms with Gasteiger partial charge in [-0.05, 0) is 30.5 Å². The lowest BCUT2D eigenvalue weighted by Crippen LogP contribution is -2.41. The van der Waals surface area contributed by atoms with E-state index in [0.717, 1.165) is 24.8 Å². The van der Waals surface area contributed by atoms with E-state index in [0.29, 0.717) is 29.7 Å². The van der Waals surface area contributed by atoms with Crippen molar-refractivity contribution in [3.63, 3.8) is 0 Å². The van der Waals surface area contributed by atoms with Crippen LogP contribution in [-0.2, 0) is 11.8 Å². The van der Waals surface area contributed by atoms with Gasteiger partial charge >= 0.3 is 0 Å². The highest BCUT2D eigenvalue weighted by molar-refractivity contribution is 6.31. The quantitative estimate of drug-likeness (QED) is 0.942. The van der Waals surface area contributed by atoms with Crippen LogP contribution in [0.4, 0.5) is 4.39 Å². The fraction of sp³-hybridized carbons (Fsp3) is 0.429. The Hall–Kier alpha value is -1.46. The molecule has 1 saturated carbocycles. The number of rotatable bonds is 4. The first-order valence-electron chi connectivity index (χ1n) is 6.60. The highest BCUT2D eigenvalue weighted by atomic mass is 35.5. The van der Waals surface area contributed by atoms with Crippen molar-refractivity contribution in [1.82, 2.24) is 10.1 Å². The van der Waals surface area contributed by atoms with Crippen molar-refractivity contribution >= 4 is 11.6 Å². The van der Waals surface area contributed by atoms with E-state index in [-0.39, 0.29) is 11.2 Å². The molecule has 106 valence electrons. The molecule has 2 aromatic rings. The Kier molecular flexibility index (Phi) is 3.48. The van der Waals surface area contributed by atoms with E-state index in [2.05, 4.69) is 10.1 Å². The van der Waals surface area contributed by atoms with Crippen LogP contribution in [0, 0.1) is 5.82 Å². The van der Waals surface area contributed by atoms with Gasteiger partial charge < -0.3 is 10.3 Å². The lowest BCUT2D eigenvalue weighted by atomic mass is 9.69. The summed E-state index contributed by atoms with van der Waals surface area (Å²) in [6.45, 7) is 0.520. The fourth-order valence-corrected chi connectivity index (χ4v) is 2.72. The number of benzene rings is 1. The van der Waals surface area contributed by atoms with Gasteiger partial charge in [-0.25, -0.2) is 4.39 Å². The smallest absolute Gasteiger partial charge is 0.234 e. The third kappa shape index (κ3) is 2.31. The second-order valence-electron chi connectivity index (χ2n) is 5.27. The summed E-state index contributed by atoms with van der Waals surface area (Å²) in [6, 6.07) is 4.29. The van der Waals surface area contributed by atoms with Gasteiger partial charge in [-0.3, -0.25) is 0 Å². The number of aromatic nitrogens is 2. The molecule has 1 fully saturated rings. The van der Waals surface area contributed by atoms with Gasteiger partial charge in [-0.15, -0.1) is 0 Å². The van der Waals surface area contributed by atoms with Crippen molar-refractivity contribution in [2.75, 3.05) is 6.54 Å². The molecular formula is C14H15ClFN3O. The molecule has 0 saturated heterocycles. The van der Waals surface area contributed by atoms with Crippen LogP contribution < -0.4 is 5.73 Å².